The maximum absolute atomic E-state index is 13.7. The van der Waals surface area contributed by atoms with Crippen molar-refractivity contribution in [3.63, 3.8) is 0 Å². The molecule has 0 bridgehead atoms. The number of nitrogens with zero attached hydrogens (tertiary/aromatic N) is 8. The summed E-state index contributed by atoms with van der Waals surface area (Å²) in [5.41, 5.74) is 4.78. The minimum atomic E-state index is -0.613. The van der Waals surface area contributed by atoms with Crippen LogP contribution in [0.4, 0.5) is 0 Å². The molecule has 1 aliphatic heterocycles. The van der Waals surface area contributed by atoms with Crippen LogP contribution in [0.3, 0.4) is 0 Å². The number of pyridine rings is 1. The van der Waals surface area contributed by atoms with Gasteiger partial charge in [-0.2, -0.15) is 15.5 Å². The van der Waals surface area contributed by atoms with Gasteiger partial charge in [-0.3, -0.25) is 4.79 Å². The van der Waals surface area contributed by atoms with Crippen molar-refractivity contribution >= 4 is 22.6 Å². The van der Waals surface area contributed by atoms with Crippen molar-refractivity contribution in [3.05, 3.63) is 53.2 Å². The number of likely N-dealkylation sites (tertiary alicyclic amines) is 1. The normalized spacial score (nSPS) is 23.9. The van der Waals surface area contributed by atoms with E-state index in [4.69, 9.17) is 10.1 Å². The molecule has 38 heavy (non-hydrogen) atoms. The first-order valence-electron chi connectivity index (χ1n) is 13.4. The number of rotatable bonds is 4. The lowest BCUT2D eigenvalue weighted by atomic mass is 9.98. The monoisotopic (exact) mass is 512 g/mol. The number of carbonyl (C=O) groups is 1. The van der Waals surface area contributed by atoms with Crippen LogP contribution in [-0.4, -0.2) is 57.9 Å². The second kappa shape index (κ2) is 9.48. The first-order chi connectivity index (χ1) is 18.3. The van der Waals surface area contributed by atoms with Gasteiger partial charge in [0.15, 0.2) is 11.3 Å². The third kappa shape index (κ3) is 4.11. The maximum atomic E-state index is 13.7. The standard InChI is InChI=1S/C28H32N8O2/c1-16(2)36-27-20(14-31-36)9-21(13-30-27)28(38)34-7-5-4-6-23(34)22-11-25-32-26(17(3)15-35(25)33-22)18-8-19(12-29)24(37)10-18/h9,11,13-16,18-19,23-24,37H,4-8,10H2,1-3H3/t18?,19-,23-,24-/m0/s1. The highest BCUT2D eigenvalue weighted by molar-refractivity contribution is 5.97. The molecule has 2 fully saturated rings. The molecule has 10 nitrogen and oxygen atoms in total. The molecule has 6 rings (SSSR count). The number of aliphatic hydroxyl groups excluding tert-OH is 1. The Morgan fingerprint density at radius 3 is 2.82 bits per heavy atom. The van der Waals surface area contributed by atoms with Gasteiger partial charge in [-0.05, 0) is 64.5 Å². The third-order valence-electron chi connectivity index (χ3n) is 8.05. The first kappa shape index (κ1) is 24.5. The van der Waals surface area contributed by atoms with Crippen molar-refractivity contribution in [1.82, 2.24) is 34.3 Å². The fourth-order valence-electron chi connectivity index (χ4n) is 6.08. The van der Waals surface area contributed by atoms with Crippen LogP contribution in [0.2, 0.25) is 0 Å². The zero-order valence-electron chi connectivity index (χ0n) is 21.9. The van der Waals surface area contributed by atoms with E-state index < -0.39 is 6.10 Å². The van der Waals surface area contributed by atoms with E-state index in [2.05, 4.69) is 30.0 Å². The number of hydrogen-bond acceptors (Lipinski definition) is 7. The van der Waals surface area contributed by atoms with E-state index in [0.29, 0.717) is 24.9 Å². The Labute approximate surface area is 220 Å². The van der Waals surface area contributed by atoms with Crippen molar-refractivity contribution in [2.75, 3.05) is 6.54 Å². The SMILES string of the molecule is Cc1cn2nc([C@@H]3CCCCN3C(=O)c3cnc4c(cnn4C(C)C)c3)cc2nc1C1C[C@@H](C#N)[C@@H](O)C1. The Morgan fingerprint density at radius 2 is 2.05 bits per heavy atom. The minimum Gasteiger partial charge on any atom is -0.392 e. The van der Waals surface area contributed by atoms with E-state index in [0.717, 1.165) is 52.9 Å². The number of hydrogen-bond donors (Lipinski definition) is 1. The summed E-state index contributed by atoms with van der Waals surface area (Å²) < 4.78 is 3.65. The van der Waals surface area contributed by atoms with Crippen molar-refractivity contribution in [2.45, 2.75) is 77.0 Å². The molecule has 1 saturated heterocycles. The molecule has 2 aliphatic rings. The smallest absolute Gasteiger partial charge is 0.256 e. The molecule has 10 heteroatoms. The predicted octanol–water partition coefficient (Wildman–Crippen LogP) is 4.11. The highest BCUT2D eigenvalue weighted by Crippen LogP contribution is 2.39. The minimum absolute atomic E-state index is 0.0493. The van der Waals surface area contributed by atoms with Gasteiger partial charge in [0.1, 0.15) is 0 Å². The summed E-state index contributed by atoms with van der Waals surface area (Å²) in [6.45, 7) is 6.77. The third-order valence-corrected chi connectivity index (χ3v) is 8.05. The number of carbonyl (C=O) groups excluding carboxylic acids is 1. The van der Waals surface area contributed by atoms with Crippen molar-refractivity contribution in [1.29, 1.82) is 5.26 Å². The molecular formula is C28H32N8O2. The average molecular weight is 513 g/mol. The maximum Gasteiger partial charge on any atom is 0.256 e. The Kier molecular flexibility index (Phi) is 6.11. The van der Waals surface area contributed by atoms with Crippen molar-refractivity contribution < 1.29 is 9.90 Å². The van der Waals surface area contributed by atoms with Gasteiger partial charge in [0, 0.05) is 42.4 Å². The largest absolute Gasteiger partial charge is 0.392 e. The molecule has 4 aromatic rings. The molecule has 196 valence electrons. The van der Waals surface area contributed by atoms with Gasteiger partial charge >= 0.3 is 0 Å². The van der Waals surface area contributed by atoms with Crippen LogP contribution in [0.1, 0.15) is 91.3 Å². The Morgan fingerprint density at radius 1 is 1.21 bits per heavy atom. The molecule has 1 unspecified atom stereocenters. The number of aryl methyl sites for hydroxylation is 1. The van der Waals surface area contributed by atoms with Gasteiger partial charge < -0.3 is 10.0 Å². The quantitative estimate of drug-likeness (QED) is 0.436. The van der Waals surface area contributed by atoms with Crippen LogP contribution in [0, 0.1) is 24.2 Å². The average Bonchev–Trinajstić information content (AvgIpc) is 3.63. The van der Waals surface area contributed by atoms with Gasteiger partial charge in [0.05, 0.1) is 47.3 Å². The lowest BCUT2D eigenvalue weighted by molar-refractivity contribution is 0.0605. The molecule has 1 amide bonds. The molecule has 1 aliphatic carbocycles. The number of nitriles is 1. The Bertz CT molecular complexity index is 1560. The molecule has 0 spiro atoms. The number of aliphatic hydroxyl groups is 1. The topological polar surface area (TPSA) is 125 Å². The van der Waals surface area contributed by atoms with Crippen LogP contribution in [-0.2, 0) is 0 Å². The lowest BCUT2D eigenvalue weighted by Crippen LogP contribution is -2.38. The van der Waals surface area contributed by atoms with Gasteiger partial charge in [0.2, 0.25) is 0 Å². The summed E-state index contributed by atoms with van der Waals surface area (Å²) in [6, 6.07) is 6.12. The van der Waals surface area contributed by atoms with Crippen LogP contribution < -0.4 is 0 Å². The van der Waals surface area contributed by atoms with E-state index in [-0.39, 0.29) is 29.8 Å². The fraction of sp³-hybridized carbons (Fsp3) is 0.500. The Balaban J connectivity index is 1.30. The number of aromatic nitrogens is 6. The summed E-state index contributed by atoms with van der Waals surface area (Å²) in [5, 5.41) is 29.7. The fourth-order valence-corrected chi connectivity index (χ4v) is 6.08. The molecular weight excluding hydrogens is 480 g/mol. The lowest BCUT2D eigenvalue weighted by Gasteiger charge is -2.34. The van der Waals surface area contributed by atoms with E-state index in [1.54, 1.807) is 16.9 Å². The first-order valence-corrected chi connectivity index (χ1v) is 13.4. The van der Waals surface area contributed by atoms with E-state index >= 15 is 0 Å². The number of amides is 1. The van der Waals surface area contributed by atoms with E-state index in [1.807, 2.05) is 34.8 Å². The molecule has 4 atom stereocenters. The zero-order chi connectivity index (χ0) is 26.6. The molecule has 1 N–H and O–H groups in total. The molecule has 5 heterocycles. The number of fused-ring (bicyclic) bond motifs is 2. The molecule has 1 saturated carbocycles. The van der Waals surface area contributed by atoms with Crippen molar-refractivity contribution in [3.8, 4) is 6.07 Å². The van der Waals surface area contributed by atoms with Crippen molar-refractivity contribution in [2.24, 2.45) is 5.92 Å². The highest BCUT2D eigenvalue weighted by atomic mass is 16.3. The van der Waals surface area contributed by atoms with Gasteiger partial charge in [-0.25, -0.2) is 19.2 Å². The summed E-state index contributed by atoms with van der Waals surface area (Å²) in [5.74, 6) is -0.355. The highest BCUT2D eigenvalue weighted by Gasteiger charge is 2.36. The van der Waals surface area contributed by atoms with Crippen LogP contribution in [0.25, 0.3) is 16.7 Å². The summed E-state index contributed by atoms with van der Waals surface area (Å²) in [6.07, 6.45) is 8.73. The van der Waals surface area contributed by atoms with E-state index in [1.165, 1.54) is 0 Å². The second-order valence-corrected chi connectivity index (χ2v) is 11.0. The van der Waals surface area contributed by atoms with E-state index in [9.17, 15) is 15.2 Å². The Hall–Kier alpha value is -3.84. The van der Waals surface area contributed by atoms with Crippen LogP contribution in [0.5, 0.6) is 0 Å². The molecule has 0 radical (unpaired) electrons. The van der Waals surface area contributed by atoms with Crippen LogP contribution in [0.15, 0.2) is 30.7 Å². The predicted molar refractivity (Wildman–Crippen MR) is 140 cm³/mol. The summed E-state index contributed by atoms with van der Waals surface area (Å²) in [4.78, 5) is 25.1. The van der Waals surface area contributed by atoms with Gasteiger partial charge in [0.25, 0.3) is 5.91 Å². The van der Waals surface area contributed by atoms with Crippen LogP contribution >= 0.6 is 0 Å². The molecule has 0 aromatic carbocycles. The number of piperidine rings is 1. The summed E-state index contributed by atoms with van der Waals surface area (Å²) >= 11 is 0. The second-order valence-electron chi connectivity index (χ2n) is 11.0. The van der Waals surface area contributed by atoms with Gasteiger partial charge in [-0.15, -0.1) is 0 Å². The van der Waals surface area contributed by atoms with Gasteiger partial charge in [-0.1, -0.05) is 0 Å². The molecule has 4 aromatic heterocycles. The summed E-state index contributed by atoms with van der Waals surface area (Å²) in [7, 11) is 0. The zero-order valence-corrected chi connectivity index (χ0v) is 21.9.